The third-order valence-electron chi connectivity index (χ3n) is 2.92. The Kier molecular flexibility index (Phi) is 3.51. The Morgan fingerprint density at radius 3 is 2.94 bits per heavy atom. The number of aryl methyl sites for hydroxylation is 1. The minimum absolute atomic E-state index is 0.140. The van der Waals surface area contributed by atoms with E-state index in [1.54, 1.807) is 12.4 Å². The zero-order chi connectivity index (χ0) is 11.4. The van der Waals surface area contributed by atoms with Crippen molar-refractivity contribution in [1.82, 2.24) is 15.2 Å². The second-order valence-corrected chi connectivity index (χ2v) is 3.93. The van der Waals surface area contributed by atoms with E-state index in [2.05, 4.69) is 10.3 Å². The molecule has 1 amide bonds. The highest BCUT2D eigenvalue weighted by molar-refractivity contribution is 5.95. The van der Waals surface area contributed by atoms with Crippen LogP contribution < -0.4 is 5.32 Å². The van der Waals surface area contributed by atoms with E-state index in [0.717, 1.165) is 43.7 Å². The lowest BCUT2D eigenvalue weighted by Gasteiger charge is -2.28. The number of hydrogen-bond donors (Lipinski definition) is 1. The first-order valence-electron chi connectivity index (χ1n) is 5.76. The molecule has 16 heavy (non-hydrogen) atoms. The van der Waals surface area contributed by atoms with Gasteiger partial charge in [-0.1, -0.05) is 6.92 Å². The summed E-state index contributed by atoms with van der Waals surface area (Å²) >= 11 is 0. The molecular weight excluding hydrogens is 202 g/mol. The Morgan fingerprint density at radius 2 is 2.25 bits per heavy atom. The molecule has 1 aliphatic heterocycles. The summed E-state index contributed by atoms with van der Waals surface area (Å²) in [6.45, 7) is 5.41. The topological polar surface area (TPSA) is 45.2 Å². The van der Waals surface area contributed by atoms with Gasteiger partial charge in [0.05, 0.1) is 0 Å². The molecule has 0 aromatic carbocycles. The van der Waals surface area contributed by atoms with Crippen molar-refractivity contribution in [3.8, 4) is 0 Å². The number of amides is 1. The monoisotopic (exact) mass is 219 g/mol. The zero-order valence-electron chi connectivity index (χ0n) is 9.57. The number of aromatic nitrogens is 1. The zero-order valence-corrected chi connectivity index (χ0v) is 9.57. The van der Waals surface area contributed by atoms with Crippen LogP contribution in [0.3, 0.4) is 0 Å². The van der Waals surface area contributed by atoms with E-state index in [4.69, 9.17) is 0 Å². The highest BCUT2D eigenvalue weighted by Crippen LogP contribution is 2.11. The Labute approximate surface area is 95.7 Å². The predicted octanol–water partition coefficient (Wildman–Crippen LogP) is 0.689. The summed E-state index contributed by atoms with van der Waals surface area (Å²) in [5, 5.41) is 3.24. The lowest BCUT2D eigenvalue weighted by molar-refractivity contribution is 0.0734. The molecule has 0 atom stereocenters. The van der Waals surface area contributed by atoms with Gasteiger partial charge >= 0.3 is 0 Å². The van der Waals surface area contributed by atoms with Gasteiger partial charge in [-0.25, -0.2) is 0 Å². The van der Waals surface area contributed by atoms with Crippen LogP contribution in [0, 0.1) is 0 Å². The Morgan fingerprint density at radius 1 is 1.50 bits per heavy atom. The van der Waals surface area contributed by atoms with Gasteiger partial charge in [0.1, 0.15) is 0 Å². The molecule has 0 saturated carbocycles. The van der Waals surface area contributed by atoms with Crippen molar-refractivity contribution < 1.29 is 4.79 Å². The molecule has 1 aromatic rings. The molecule has 0 aliphatic carbocycles. The second-order valence-electron chi connectivity index (χ2n) is 3.93. The predicted molar refractivity (Wildman–Crippen MR) is 62.4 cm³/mol. The molecule has 1 aromatic heterocycles. The maximum Gasteiger partial charge on any atom is 0.254 e. The fourth-order valence-electron chi connectivity index (χ4n) is 1.96. The molecule has 0 bridgehead atoms. The molecule has 86 valence electrons. The summed E-state index contributed by atoms with van der Waals surface area (Å²) < 4.78 is 0. The molecule has 0 spiro atoms. The molecule has 0 radical (unpaired) electrons. The summed E-state index contributed by atoms with van der Waals surface area (Å²) in [4.78, 5) is 18.2. The molecule has 1 fully saturated rings. The first-order chi connectivity index (χ1) is 7.83. The van der Waals surface area contributed by atoms with E-state index >= 15 is 0 Å². The molecule has 1 aliphatic rings. The average Bonchev–Trinajstić information content (AvgIpc) is 2.39. The van der Waals surface area contributed by atoms with Crippen molar-refractivity contribution in [1.29, 1.82) is 0 Å². The molecule has 4 heteroatoms. The van der Waals surface area contributed by atoms with Crippen molar-refractivity contribution in [3.05, 3.63) is 29.6 Å². The summed E-state index contributed by atoms with van der Waals surface area (Å²) in [7, 11) is 0. The molecule has 1 N–H and O–H groups in total. The first-order valence-corrected chi connectivity index (χ1v) is 5.76. The fourth-order valence-corrected chi connectivity index (χ4v) is 1.96. The van der Waals surface area contributed by atoms with E-state index in [9.17, 15) is 4.79 Å². The molecule has 1 saturated heterocycles. The van der Waals surface area contributed by atoms with E-state index < -0.39 is 0 Å². The van der Waals surface area contributed by atoms with Crippen molar-refractivity contribution >= 4 is 5.91 Å². The van der Waals surface area contributed by atoms with Gasteiger partial charge in [-0.2, -0.15) is 0 Å². The first kappa shape index (κ1) is 11.1. The molecular formula is C12H17N3O. The van der Waals surface area contributed by atoms with Gasteiger partial charge in [0, 0.05) is 44.1 Å². The minimum atomic E-state index is 0.140. The Bertz CT molecular complexity index is 372. The normalized spacial score (nSPS) is 16.2. The van der Waals surface area contributed by atoms with Crippen LogP contribution >= 0.6 is 0 Å². The number of nitrogens with zero attached hydrogens (tertiary/aromatic N) is 2. The summed E-state index contributed by atoms with van der Waals surface area (Å²) in [6, 6.07) is 1.82. The Balaban J connectivity index is 2.19. The summed E-state index contributed by atoms with van der Waals surface area (Å²) in [5.41, 5.74) is 1.84. The number of pyridine rings is 1. The highest BCUT2D eigenvalue weighted by atomic mass is 16.2. The second kappa shape index (κ2) is 5.07. The molecule has 4 nitrogen and oxygen atoms in total. The van der Waals surface area contributed by atoms with Gasteiger partial charge in [0.2, 0.25) is 0 Å². The van der Waals surface area contributed by atoms with Crippen LogP contribution in [0.4, 0.5) is 0 Å². The van der Waals surface area contributed by atoms with Gasteiger partial charge in [0.25, 0.3) is 5.91 Å². The number of hydrogen-bond acceptors (Lipinski definition) is 3. The SMILES string of the molecule is CCc1cnccc1C(=O)N1CCNCC1. The number of nitrogens with one attached hydrogen (secondary N) is 1. The smallest absolute Gasteiger partial charge is 0.254 e. The van der Waals surface area contributed by atoms with Gasteiger partial charge < -0.3 is 10.2 Å². The third-order valence-corrected chi connectivity index (χ3v) is 2.92. The van der Waals surface area contributed by atoms with Gasteiger partial charge in [-0.05, 0) is 18.1 Å². The maximum atomic E-state index is 12.2. The van der Waals surface area contributed by atoms with Crippen LogP contribution in [-0.4, -0.2) is 42.0 Å². The van der Waals surface area contributed by atoms with Crippen molar-refractivity contribution in [2.45, 2.75) is 13.3 Å². The van der Waals surface area contributed by atoms with Crippen molar-refractivity contribution in [2.24, 2.45) is 0 Å². The van der Waals surface area contributed by atoms with E-state index in [1.165, 1.54) is 0 Å². The van der Waals surface area contributed by atoms with Gasteiger partial charge in [0.15, 0.2) is 0 Å². The Hall–Kier alpha value is -1.42. The standard InChI is InChI=1S/C12H17N3O/c1-2-10-9-14-4-3-11(10)12(16)15-7-5-13-6-8-15/h3-4,9,13H,2,5-8H2,1H3. The van der Waals surface area contributed by atoms with Gasteiger partial charge in [-0.15, -0.1) is 0 Å². The van der Waals surface area contributed by atoms with E-state index in [1.807, 2.05) is 17.9 Å². The largest absolute Gasteiger partial charge is 0.336 e. The molecule has 2 heterocycles. The number of rotatable bonds is 2. The van der Waals surface area contributed by atoms with Crippen LogP contribution in [0.15, 0.2) is 18.5 Å². The quantitative estimate of drug-likeness (QED) is 0.796. The average molecular weight is 219 g/mol. The number of carbonyl (C=O) groups excluding carboxylic acids is 1. The van der Waals surface area contributed by atoms with E-state index in [0.29, 0.717) is 0 Å². The van der Waals surface area contributed by atoms with Crippen LogP contribution in [0.25, 0.3) is 0 Å². The molecule has 2 rings (SSSR count). The van der Waals surface area contributed by atoms with Crippen LogP contribution in [0.2, 0.25) is 0 Å². The maximum absolute atomic E-state index is 12.2. The third kappa shape index (κ3) is 2.22. The fraction of sp³-hybridized carbons (Fsp3) is 0.500. The number of carbonyl (C=O) groups is 1. The number of piperazine rings is 1. The van der Waals surface area contributed by atoms with Crippen LogP contribution in [0.5, 0.6) is 0 Å². The lowest BCUT2D eigenvalue weighted by atomic mass is 10.1. The van der Waals surface area contributed by atoms with Crippen molar-refractivity contribution in [2.75, 3.05) is 26.2 Å². The van der Waals surface area contributed by atoms with Crippen LogP contribution in [0.1, 0.15) is 22.8 Å². The van der Waals surface area contributed by atoms with E-state index in [-0.39, 0.29) is 5.91 Å². The minimum Gasteiger partial charge on any atom is -0.336 e. The summed E-state index contributed by atoms with van der Waals surface area (Å²) in [5.74, 6) is 0.140. The van der Waals surface area contributed by atoms with Crippen molar-refractivity contribution in [3.63, 3.8) is 0 Å². The summed E-state index contributed by atoms with van der Waals surface area (Å²) in [6.07, 6.45) is 4.32. The van der Waals surface area contributed by atoms with Crippen LogP contribution in [-0.2, 0) is 6.42 Å². The lowest BCUT2D eigenvalue weighted by Crippen LogP contribution is -2.46. The van der Waals surface area contributed by atoms with Gasteiger partial charge in [-0.3, -0.25) is 9.78 Å². The highest BCUT2D eigenvalue weighted by Gasteiger charge is 2.19. The molecule has 0 unspecified atom stereocenters.